The zero-order valence-corrected chi connectivity index (χ0v) is 15.6. The number of nitrogens with zero attached hydrogens (tertiary/aromatic N) is 2. The summed E-state index contributed by atoms with van der Waals surface area (Å²) < 4.78 is 11.2. The van der Waals surface area contributed by atoms with Gasteiger partial charge in [0.2, 0.25) is 0 Å². The van der Waals surface area contributed by atoms with E-state index in [1.807, 2.05) is 36.4 Å². The first-order chi connectivity index (χ1) is 14.1. The molecule has 4 rings (SSSR count). The first kappa shape index (κ1) is 18.3. The molecule has 142 valence electrons. The average molecular weight is 384 g/mol. The number of nitriles is 1. The van der Waals surface area contributed by atoms with Crippen LogP contribution in [-0.2, 0) is 6.61 Å². The van der Waals surface area contributed by atoms with Crippen molar-refractivity contribution in [1.29, 1.82) is 5.26 Å². The molecule has 0 unspecified atom stereocenters. The number of hydrogen-bond acceptors (Lipinski definition) is 5. The molecule has 0 atom stereocenters. The smallest absolute Gasteiger partial charge is 0.266 e. The van der Waals surface area contributed by atoms with Gasteiger partial charge in [-0.2, -0.15) is 5.26 Å². The van der Waals surface area contributed by atoms with Gasteiger partial charge in [-0.15, -0.1) is 0 Å². The minimum atomic E-state index is -0.471. The van der Waals surface area contributed by atoms with Crippen LogP contribution in [0.2, 0.25) is 0 Å². The van der Waals surface area contributed by atoms with Crippen LogP contribution in [0.25, 0.3) is 0 Å². The van der Waals surface area contributed by atoms with Gasteiger partial charge in [-0.3, -0.25) is 9.59 Å². The highest BCUT2D eigenvalue weighted by molar-refractivity contribution is 6.34. The fourth-order valence-corrected chi connectivity index (χ4v) is 3.24. The number of anilines is 1. The summed E-state index contributed by atoms with van der Waals surface area (Å²) >= 11 is 0. The van der Waals surface area contributed by atoms with Gasteiger partial charge in [0.1, 0.15) is 12.7 Å². The maximum atomic E-state index is 12.8. The topological polar surface area (TPSA) is 79.6 Å². The normalized spacial score (nSPS) is 12.5. The molecule has 1 aliphatic rings. The fraction of sp³-hybridized carbons (Fsp3) is 0.0870. The number of rotatable bonds is 5. The summed E-state index contributed by atoms with van der Waals surface area (Å²) in [6.45, 7) is 0.269. The summed E-state index contributed by atoms with van der Waals surface area (Å²) in [6, 6.07) is 21.1. The van der Waals surface area contributed by atoms with Crippen LogP contribution in [0.1, 0.15) is 31.8 Å². The lowest BCUT2D eigenvalue weighted by molar-refractivity contribution is 0.0926. The van der Waals surface area contributed by atoms with Crippen molar-refractivity contribution in [3.8, 4) is 17.6 Å². The first-order valence-electron chi connectivity index (χ1n) is 8.90. The van der Waals surface area contributed by atoms with E-state index in [-0.39, 0.29) is 17.9 Å². The van der Waals surface area contributed by atoms with Crippen molar-refractivity contribution in [1.82, 2.24) is 0 Å². The molecule has 0 saturated carbocycles. The number of benzene rings is 3. The predicted molar refractivity (Wildman–Crippen MR) is 106 cm³/mol. The van der Waals surface area contributed by atoms with Gasteiger partial charge in [0.25, 0.3) is 11.8 Å². The molecule has 6 nitrogen and oxygen atoms in total. The number of imide groups is 1. The van der Waals surface area contributed by atoms with Crippen LogP contribution in [0.5, 0.6) is 11.5 Å². The van der Waals surface area contributed by atoms with Gasteiger partial charge in [-0.25, -0.2) is 4.90 Å². The highest BCUT2D eigenvalue weighted by atomic mass is 16.5. The molecule has 0 fully saturated rings. The molecule has 6 heteroatoms. The molecular formula is C23H16N2O4. The van der Waals surface area contributed by atoms with E-state index in [1.54, 1.807) is 24.3 Å². The molecule has 1 heterocycles. The van der Waals surface area contributed by atoms with Crippen molar-refractivity contribution in [3.05, 3.63) is 89.0 Å². The molecule has 1 aliphatic heterocycles. The van der Waals surface area contributed by atoms with E-state index in [2.05, 4.69) is 0 Å². The molecule has 0 spiro atoms. The Kier molecular flexibility index (Phi) is 4.71. The Bertz CT molecular complexity index is 1110. The van der Waals surface area contributed by atoms with Crippen molar-refractivity contribution in [2.24, 2.45) is 0 Å². The lowest BCUT2D eigenvalue weighted by atomic mass is 10.1. The molecule has 0 radical (unpaired) electrons. The Hall–Kier alpha value is -4.11. The van der Waals surface area contributed by atoms with Gasteiger partial charge < -0.3 is 9.47 Å². The molecule has 29 heavy (non-hydrogen) atoms. The molecule has 0 aliphatic carbocycles. The molecule has 0 N–H and O–H groups in total. The number of carbonyl (C=O) groups excluding carboxylic acids is 2. The summed E-state index contributed by atoms with van der Waals surface area (Å²) in [6.07, 6.45) is 0. The SMILES string of the molecule is COc1cc(C#N)c(N2C(=O)c3ccccc3C2=O)cc1OCc1ccccc1. The minimum absolute atomic E-state index is 0.142. The summed E-state index contributed by atoms with van der Waals surface area (Å²) in [4.78, 5) is 26.7. The molecule has 3 aromatic carbocycles. The fourth-order valence-electron chi connectivity index (χ4n) is 3.24. The second-order valence-electron chi connectivity index (χ2n) is 6.40. The van der Waals surface area contributed by atoms with Crippen LogP contribution in [0, 0.1) is 11.3 Å². The van der Waals surface area contributed by atoms with E-state index >= 15 is 0 Å². The summed E-state index contributed by atoms with van der Waals surface area (Å²) in [5.74, 6) is -0.262. The van der Waals surface area contributed by atoms with Crippen molar-refractivity contribution in [2.75, 3.05) is 12.0 Å². The van der Waals surface area contributed by atoms with Crippen molar-refractivity contribution in [2.45, 2.75) is 6.61 Å². The predicted octanol–water partition coefficient (Wildman–Crippen LogP) is 3.95. The third-order valence-electron chi connectivity index (χ3n) is 4.67. The van der Waals surface area contributed by atoms with E-state index in [0.29, 0.717) is 22.6 Å². The van der Waals surface area contributed by atoms with Crippen LogP contribution < -0.4 is 14.4 Å². The standard InChI is InChI=1S/C23H16N2O4/c1-28-20-11-16(13-24)19(12-21(20)29-14-15-7-3-2-4-8-15)25-22(26)17-9-5-6-10-18(17)23(25)27/h2-12H,14H2,1H3. The van der Waals surface area contributed by atoms with E-state index in [1.165, 1.54) is 19.2 Å². The van der Waals surface area contributed by atoms with Gasteiger partial charge >= 0.3 is 0 Å². The van der Waals surface area contributed by atoms with Crippen LogP contribution in [0.3, 0.4) is 0 Å². The average Bonchev–Trinajstić information content (AvgIpc) is 3.02. The highest BCUT2D eigenvalue weighted by Gasteiger charge is 2.38. The summed E-state index contributed by atoms with van der Waals surface area (Å²) in [5.41, 5.74) is 1.88. The number of ether oxygens (including phenoxy) is 2. The van der Waals surface area contributed by atoms with Crippen LogP contribution >= 0.6 is 0 Å². The van der Waals surface area contributed by atoms with Crippen molar-refractivity contribution < 1.29 is 19.1 Å². The highest BCUT2D eigenvalue weighted by Crippen LogP contribution is 2.38. The third-order valence-corrected chi connectivity index (χ3v) is 4.67. The number of hydrogen-bond donors (Lipinski definition) is 0. The second-order valence-corrected chi connectivity index (χ2v) is 6.40. The first-order valence-corrected chi connectivity index (χ1v) is 8.90. The lowest BCUT2D eigenvalue weighted by Crippen LogP contribution is -2.30. The van der Waals surface area contributed by atoms with E-state index in [4.69, 9.17) is 9.47 Å². The number of carbonyl (C=O) groups is 2. The summed E-state index contributed by atoms with van der Waals surface area (Å²) in [7, 11) is 1.47. The molecule has 0 aromatic heterocycles. The summed E-state index contributed by atoms with van der Waals surface area (Å²) in [5, 5.41) is 9.59. The molecule has 3 aromatic rings. The van der Waals surface area contributed by atoms with E-state index < -0.39 is 11.8 Å². The lowest BCUT2D eigenvalue weighted by Gasteiger charge is -2.19. The third kappa shape index (κ3) is 3.19. The van der Waals surface area contributed by atoms with Crippen molar-refractivity contribution >= 4 is 17.5 Å². The Morgan fingerprint density at radius 2 is 1.52 bits per heavy atom. The number of amides is 2. The molecule has 0 bridgehead atoms. The maximum absolute atomic E-state index is 12.8. The maximum Gasteiger partial charge on any atom is 0.266 e. The Labute approximate surface area is 167 Å². The second kappa shape index (κ2) is 7.49. The Morgan fingerprint density at radius 3 is 2.10 bits per heavy atom. The van der Waals surface area contributed by atoms with Crippen molar-refractivity contribution in [3.63, 3.8) is 0 Å². The molecule has 2 amide bonds. The molecular weight excluding hydrogens is 368 g/mol. The van der Waals surface area contributed by atoms with Gasteiger partial charge in [0.15, 0.2) is 11.5 Å². The molecule has 0 saturated heterocycles. The van der Waals surface area contributed by atoms with E-state index in [9.17, 15) is 14.9 Å². The van der Waals surface area contributed by atoms with Crippen LogP contribution in [-0.4, -0.2) is 18.9 Å². The van der Waals surface area contributed by atoms with Gasteiger partial charge in [-0.1, -0.05) is 42.5 Å². The van der Waals surface area contributed by atoms with Gasteiger partial charge in [0.05, 0.1) is 29.5 Å². The Morgan fingerprint density at radius 1 is 0.897 bits per heavy atom. The zero-order chi connectivity index (χ0) is 20.4. The van der Waals surface area contributed by atoms with E-state index in [0.717, 1.165) is 10.5 Å². The minimum Gasteiger partial charge on any atom is -0.493 e. The van der Waals surface area contributed by atoms with Gasteiger partial charge in [0, 0.05) is 12.1 Å². The Balaban J connectivity index is 1.75. The monoisotopic (exact) mass is 384 g/mol. The quantitative estimate of drug-likeness (QED) is 0.623. The van der Waals surface area contributed by atoms with Crippen LogP contribution in [0.4, 0.5) is 5.69 Å². The number of methoxy groups -OCH3 is 1. The zero-order valence-electron chi connectivity index (χ0n) is 15.6. The number of fused-ring (bicyclic) bond motifs is 1. The van der Waals surface area contributed by atoms with Crippen LogP contribution in [0.15, 0.2) is 66.7 Å². The van der Waals surface area contributed by atoms with Gasteiger partial charge in [-0.05, 0) is 17.7 Å². The largest absolute Gasteiger partial charge is 0.493 e.